The SMILES string of the molecule is CCc1ccc(/C=C2/SC(=Nc3ccc(F)cc3)NC2=O)cc1. The minimum Gasteiger partial charge on any atom is -0.300 e. The maximum atomic E-state index is 12.9. The number of carbonyl (C=O) groups is 1. The van der Waals surface area contributed by atoms with Crippen molar-refractivity contribution in [2.75, 3.05) is 0 Å². The number of aryl methyl sites for hydroxylation is 1. The minimum atomic E-state index is -0.312. The molecule has 2 aromatic rings. The highest BCUT2D eigenvalue weighted by Gasteiger charge is 2.23. The van der Waals surface area contributed by atoms with Crippen LogP contribution in [0.5, 0.6) is 0 Å². The number of thioether (sulfide) groups is 1. The predicted molar refractivity (Wildman–Crippen MR) is 93.0 cm³/mol. The van der Waals surface area contributed by atoms with Crippen LogP contribution in [0.15, 0.2) is 58.4 Å². The molecule has 0 aromatic heterocycles. The molecular formula is C18H15FN2OS. The maximum absolute atomic E-state index is 12.9. The number of nitrogens with zero attached hydrogens (tertiary/aromatic N) is 1. The smallest absolute Gasteiger partial charge is 0.264 e. The zero-order valence-electron chi connectivity index (χ0n) is 12.5. The van der Waals surface area contributed by atoms with Crippen molar-refractivity contribution in [1.82, 2.24) is 5.32 Å². The van der Waals surface area contributed by atoms with E-state index < -0.39 is 0 Å². The van der Waals surface area contributed by atoms with E-state index in [1.54, 1.807) is 12.1 Å². The molecule has 0 bridgehead atoms. The number of rotatable bonds is 3. The lowest BCUT2D eigenvalue weighted by Gasteiger charge is -1.98. The molecule has 1 N–H and O–H groups in total. The van der Waals surface area contributed by atoms with Crippen LogP contribution in [0.4, 0.5) is 10.1 Å². The van der Waals surface area contributed by atoms with E-state index in [4.69, 9.17) is 0 Å². The van der Waals surface area contributed by atoms with E-state index in [2.05, 4.69) is 29.4 Å². The molecule has 5 heteroatoms. The summed E-state index contributed by atoms with van der Waals surface area (Å²) in [6.07, 6.45) is 2.83. The lowest BCUT2D eigenvalue weighted by molar-refractivity contribution is -0.115. The molecule has 0 aliphatic carbocycles. The summed E-state index contributed by atoms with van der Waals surface area (Å²) in [5, 5.41) is 3.22. The molecule has 1 heterocycles. The third-order valence-electron chi connectivity index (χ3n) is 3.39. The number of carbonyl (C=O) groups excluding carboxylic acids is 1. The fourth-order valence-electron chi connectivity index (χ4n) is 2.11. The predicted octanol–water partition coefficient (Wildman–Crippen LogP) is 4.28. The number of hydrogen-bond acceptors (Lipinski definition) is 3. The van der Waals surface area contributed by atoms with E-state index in [0.717, 1.165) is 12.0 Å². The van der Waals surface area contributed by atoms with E-state index in [-0.39, 0.29) is 11.7 Å². The van der Waals surface area contributed by atoms with Gasteiger partial charge in [0.25, 0.3) is 5.91 Å². The van der Waals surface area contributed by atoms with Gasteiger partial charge >= 0.3 is 0 Å². The standard InChI is InChI=1S/C18H15FN2OS/c1-2-12-3-5-13(6-4-12)11-16-17(22)21-18(23-16)20-15-9-7-14(19)8-10-15/h3-11H,2H2,1H3,(H,20,21,22)/b16-11+. The quantitative estimate of drug-likeness (QED) is 0.855. The van der Waals surface area contributed by atoms with Crippen LogP contribution in [0, 0.1) is 5.82 Å². The lowest BCUT2D eigenvalue weighted by Crippen LogP contribution is -2.19. The van der Waals surface area contributed by atoms with Gasteiger partial charge in [-0.05, 0) is 59.7 Å². The van der Waals surface area contributed by atoms with Crippen LogP contribution in [0.25, 0.3) is 6.08 Å². The highest BCUT2D eigenvalue weighted by Crippen LogP contribution is 2.28. The summed E-state index contributed by atoms with van der Waals surface area (Å²) >= 11 is 1.28. The van der Waals surface area contributed by atoms with Crippen LogP contribution in [0.2, 0.25) is 0 Å². The third kappa shape index (κ3) is 3.87. The third-order valence-corrected chi connectivity index (χ3v) is 4.30. The fourth-order valence-corrected chi connectivity index (χ4v) is 2.96. The second-order valence-corrected chi connectivity index (χ2v) is 6.08. The van der Waals surface area contributed by atoms with Crippen molar-refractivity contribution in [3.05, 3.63) is 70.4 Å². The first kappa shape index (κ1) is 15.5. The Morgan fingerprint density at radius 2 is 1.83 bits per heavy atom. The molecule has 0 saturated carbocycles. The Morgan fingerprint density at radius 1 is 1.13 bits per heavy atom. The van der Waals surface area contributed by atoms with Crippen molar-refractivity contribution in [3.63, 3.8) is 0 Å². The molecule has 0 spiro atoms. The normalized spacial score (nSPS) is 17.7. The molecule has 1 saturated heterocycles. The molecule has 1 amide bonds. The van der Waals surface area contributed by atoms with Gasteiger partial charge in [0.2, 0.25) is 0 Å². The number of amidine groups is 1. The number of benzene rings is 2. The second-order valence-electron chi connectivity index (χ2n) is 5.05. The molecule has 23 heavy (non-hydrogen) atoms. The van der Waals surface area contributed by atoms with E-state index in [1.165, 1.54) is 29.5 Å². The number of nitrogens with one attached hydrogen (secondary N) is 1. The first-order chi connectivity index (χ1) is 11.1. The zero-order valence-corrected chi connectivity index (χ0v) is 13.4. The molecule has 0 unspecified atom stereocenters. The molecule has 0 atom stereocenters. The molecule has 1 aliphatic heterocycles. The highest BCUT2D eigenvalue weighted by molar-refractivity contribution is 8.18. The summed E-state index contributed by atoms with van der Waals surface area (Å²) in [5.74, 6) is -0.483. The van der Waals surface area contributed by atoms with Gasteiger partial charge in [0.1, 0.15) is 5.82 Å². The van der Waals surface area contributed by atoms with Crippen LogP contribution < -0.4 is 5.32 Å². The molecule has 1 fully saturated rings. The van der Waals surface area contributed by atoms with E-state index in [9.17, 15) is 9.18 Å². The molecule has 1 aliphatic rings. The summed E-state index contributed by atoms with van der Waals surface area (Å²) < 4.78 is 12.9. The van der Waals surface area contributed by atoms with Crippen molar-refractivity contribution < 1.29 is 9.18 Å². The summed E-state index contributed by atoms with van der Waals surface area (Å²) in [4.78, 5) is 16.9. The van der Waals surface area contributed by atoms with Gasteiger partial charge in [0, 0.05) is 0 Å². The van der Waals surface area contributed by atoms with Gasteiger partial charge in [-0.3, -0.25) is 4.79 Å². The molecule has 3 nitrogen and oxygen atoms in total. The van der Waals surface area contributed by atoms with Gasteiger partial charge in [-0.25, -0.2) is 9.38 Å². The first-order valence-electron chi connectivity index (χ1n) is 7.28. The van der Waals surface area contributed by atoms with Crippen molar-refractivity contribution in [2.24, 2.45) is 4.99 Å². The average molecular weight is 326 g/mol. The number of halogens is 1. The van der Waals surface area contributed by atoms with Gasteiger partial charge in [0.05, 0.1) is 10.6 Å². The number of amides is 1. The number of aliphatic imine (C=N–C) groups is 1. The fraction of sp³-hybridized carbons (Fsp3) is 0.111. The van der Waals surface area contributed by atoms with Crippen LogP contribution in [-0.4, -0.2) is 11.1 Å². The van der Waals surface area contributed by atoms with Gasteiger partial charge in [-0.2, -0.15) is 0 Å². The summed E-state index contributed by atoms with van der Waals surface area (Å²) in [6.45, 7) is 2.10. The van der Waals surface area contributed by atoms with E-state index >= 15 is 0 Å². The lowest BCUT2D eigenvalue weighted by atomic mass is 10.1. The van der Waals surface area contributed by atoms with Crippen molar-refractivity contribution in [2.45, 2.75) is 13.3 Å². The first-order valence-corrected chi connectivity index (χ1v) is 8.10. The summed E-state index contributed by atoms with van der Waals surface area (Å²) in [6, 6.07) is 13.9. The molecule has 116 valence electrons. The summed E-state index contributed by atoms with van der Waals surface area (Å²) in [5.41, 5.74) is 2.83. The Balaban J connectivity index is 1.78. The Bertz CT molecular complexity index is 780. The molecule has 2 aromatic carbocycles. The van der Waals surface area contributed by atoms with E-state index in [1.807, 2.05) is 18.2 Å². The molecule has 3 rings (SSSR count). The van der Waals surface area contributed by atoms with Crippen molar-refractivity contribution >= 4 is 34.6 Å². The van der Waals surface area contributed by atoms with E-state index in [0.29, 0.717) is 15.8 Å². The monoisotopic (exact) mass is 326 g/mol. The maximum Gasteiger partial charge on any atom is 0.264 e. The number of hydrogen-bond donors (Lipinski definition) is 1. The Hall–Kier alpha value is -2.40. The van der Waals surface area contributed by atoms with Gasteiger partial charge in [-0.15, -0.1) is 0 Å². The molecule has 0 radical (unpaired) electrons. The molecular weight excluding hydrogens is 311 g/mol. The van der Waals surface area contributed by atoms with Gasteiger partial charge in [-0.1, -0.05) is 31.2 Å². The van der Waals surface area contributed by atoms with Crippen LogP contribution in [0.1, 0.15) is 18.1 Å². The topological polar surface area (TPSA) is 41.5 Å². The average Bonchev–Trinajstić information content (AvgIpc) is 2.90. The Labute approximate surface area is 138 Å². The largest absolute Gasteiger partial charge is 0.300 e. The summed E-state index contributed by atoms with van der Waals surface area (Å²) in [7, 11) is 0. The van der Waals surface area contributed by atoms with Crippen molar-refractivity contribution in [1.29, 1.82) is 0 Å². The van der Waals surface area contributed by atoms with Crippen LogP contribution >= 0.6 is 11.8 Å². The Morgan fingerprint density at radius 3 is 2.48 bits per heavy atom. The zero-order chi connectivity index (χ0) is 16.2. The highest BCUT2D eigenvalue weighted by atomic mass is 32.2. The van der Waals surface area contributed by atoms with Crippen LogP contribution in [-0.2, 0) is 11.2 Å². The second kappa shape index (κ2) is 6.79. The van der Waals surface area contributed by atoms with Gasteiger partial charge in [0.15, 0.2) is 5.17 Å². The van der Waals surface area contributed by atoms with Crippen molar-refractivity contribution in [3.8, 4) is 0 Å². The van der Waals surface area contributed by atoms with Crippen LogP contribution in [0.3, 0.4) is 0 Å². The minimum absolute atomic E-state index is 0.171. The Kier molecular flexibility index (Phi) is 4.57. The van der Waals surface area contributed by atoms with Gasteiger partial charge < -0.3 is 5.32 Å².